The van der Waals surface area contributed by atoms with Crippen LogP contribution in [0.15, 0.2) is 24.3 Å². The molecule has 0 saturated carbocycles. The summed E-state index contributed by atoms with van der Waals surface area (Å²) in [6.07, 6.45) is 4.66. The number of rotatable bonds is 4. The van der Waals surface area contributed by atoms with Crippen LogP contribution in [0.5, 0.6) is 11.5 Å². The summed E-state index contributed by atoms with van der Waals surface area (Å²) in [6.45, 7) is 4.31. The molecule has 1 aliphatic carbocycles. The molecule has 1 saturated heterocycles. The predicted octanol–water partition coefficient (Wildman–Crippen LogP) is 3.20. The van der Waals surface area contributed by atoms with Crippen molar-refractivity contribution in [3.8, 4) is 17.6 Å². The van der Waals surface area contributed by atoms with Crippen molar-refractivity contribution in [1.29, 1.82) is 5.26 Å². The topological polar surface area (TPSA) is 94.9 Å². The molecule has 0 bridgehead atoms. The molecule has 0 spiro atoms. The van der Waals surface area contributed by atoms with Gasteiger partial charge in [-0.15, -0.1) is 11.3 Å². The maximum atomic E-state index is 13.1. The van der Waals surface area contributed by atoms with E-state index in [1.165, 1.54) is 11.3 Å². The normalized spacial score (nSPS) is 20.8. The second-order valence-corrected chi connectivity index (χ2v) is 10.4. The largest absolute Gasteiger partial charge is 0.485 e. The van der Waals surface area contributed by atoms with Gasteiger partial charge in [-0.25, -0.2) is 0 Å². The molecule has 1 fully saturated rings. The highest BCUT2D eigenvalue weighted by molar-refractivity contribution is 7.16. The van der Waals surface area contributed by atoms with Crippen molar-refractivity contribution in [2.24, 2.45) is 0 Å². The van der Waals surface area contributed by atoms with Gasteiger partial charge in [-0.2, -0.15) is 5.26 Å². The Labute approximate surface area is 209 Å². The number of hydrogen-bond donors (Lipinski definition) is 1. The number of nitriles is 1. The lowest BCUT2D eigenvalue weighted by Crippen LogP contribution is -2.57. The molecule has 0 radical (unpaired) electrons. The highest BCUT2D eigenvalue weighted by atomic mass is 32.1. The number of nitrogens with zero attached hydrogens (tertiary/aromatic N) is 3. The summed E-state index contributed by atoms with van der Waals surface area (Å²) in [5.74, 6) is 1.04. The minimum atomic E-state index is -0.657. The van der Waals surface area contributed by atoms with E-state index < -0.39 is 6.10 Å². The predicted molar refractivity (Wildman–Crippen MR) is 133 cm³/mol. The first-order valence-corrected chi connectivity index (χ1v) is 13.1. The summed E-state index contributed by atoms with van der Waals surface area (Å²) < 4.78 is 11.6. The number of para-hydroxylation sites is 2. The van der Waals surface area contributed by atoms with E-state index in [9.17, 15) is 14.9 Å². The van der Waals surface area contributed by atoms with E-state index in [0.29, 0.717) is 48.2 Å². The van der Waals surface area contributed by atoms with Crippen molar-refractivity contribution in [3.63, 3.8) is 0 Å². The van der Waals surface area contributed by atoms with Gasteiger partial charge in [0.1, 0.15) is 17.7 Å². The fraction of sp³-hybridized carbons (Fsp3) is 0.500. The first kappa shape index (κ1) is 23.6. The Balaban J connectivity index is 1.16. The maximum absolute atomic E-state index is 13.1. The highest BCUT2D eigenvalue weighted by Crippen LogP contribution is 2.37. The Morgan fingerprint density at radius 1 is 1.11 bits per heavy atom. The minimum absolute atomic E-state index is 0.0880. The SMILES string of the molecule is C[C@@H](C(=O)Nc1sc2c(c1C#N)CCCCC2)N1CCN(C(=O)[C@H]2COc3ccccc3O2)CC1. The number of benzene rings is 1. The molecular weight excluding hydrogens is 464 g/mol. The van der Waals surface area contributed by atoms with Gasteiger partial charge in [-0.05, 0) is 50.3 Å². The lowest BCUT2D eigenvalue weighted by Gasteiger charge is -2.39. The van der Waals surface area contributed by atoms with Gasteiger partial charge in [0.2, 0.25) is 12.0 Å². The number of thiophene rings is 1. The average Bonchev–Trinajstić information content (AvgIpc) is 3.05. The van der Waals surface area contributed by atoms with Crippen LogP contribution in [-0.4, -0.2) is 66.5 Å². The molecule has 3 aliphatic rings. The summed E-state index contributed by atoms with van der Waals surface area (Å²) in [5.41, 5.74) is 1.76. The van der Waals surface area contributed by atoms with Gasteiger partial charge in [0, 0.05) is 31.1 Å². The third kappa shape index (κ3) is 4.86. The zero-order valence-electron chi connectivity index (χ0n) is 19.9. The van der Waals surface area contributed by atoms with Gasteiger partial charge in [-0.1, -0.05) is 18.6 Å². The van der Waals surface area contributed by atoms with Gasteiger partial charge in [-0.3, -0.25) is 14.5 Å². The monoisotopic (exact) mass is 494 g/mol. The van der Waals surface area contributed by atoms with Crippen LogP contribution in [0.3, 0.4) is 0 Å². The molecule has 1 N–H and O–H groups in total. The lowest BCUT2D eigenvalue weighted by atomic mass is 10.1. The minimum Gasteiger partial charge on any atom is -0.485 e. The Morgan fingerprint density at radius 3 is 2.63 bits per heavy atom. The first-order chi connectivity index (χ1) is 17.0. The molecule has 2 amide bonds. The van der Waals surface area contributed by atoms with Crippen molar-refractivity contribution < 1.29 is 19.1 Å². The number of fused-ring (bicyclic) bond motifs is 2. The van der Waals surface area contributed by atoms with Gasteiger partial charge in [0.05, 0.1) is 11.6 Å². The molecule has 8 nitrogen and oxygen atoms in total. The summed E-state index contributed by atoms with van der Waals surface area (Å²) in [5, 5.41) is 13.4. The molecule has 3 heterocycles. The Hall–Kier alpha value is -3.09. The van der Waals surface area contributed by atoms with Crippen molar-refractivity contribution in [2.45, 2.75) is 51.2 Å². The fourth-order valence-corrected chi connectivity index (χ4v) is 6.25. The summed E-state index contributed by atoms with van der Waals surface area (Å²) in [6, 6.07) is 9.32. The standard InChI is InChI=1S/C26H30N4O4S/c1-17(24(31)28-25-19(15-27)18-7-3-2-4-10-23(18)35-25)29-11-13-30(14-12-29)26(32)22-16-33-20-8-5-6-9-21(20)34-22/h5-6,8-9,17,22H,2-4,7,10-14,16H2,1H3,(H,28,31)/t17-,22+/m0/s1. The maximum Gasteiger partial charge on any atom is 0.267 e. The highest BCUT2D eigenvalue weighted by Gasteiger charge is 2.34. The van der Waals surface area contributed by atoms with Crippen molar-refractivity contribution in [2.75, 3.05) is 38.1 Å². The number of nitrogens with one attached hydrogen (secondary N) is 1. The second-order valence-electron chi connectivity index (χ2n) is 9.27. The molecule has 2 aliphatic heterocycles. The number of amides is 2. The van der Waals surface area contributed by atoms with E-state index in [4.69, 9.17) is 9.47 Å². The average molecular weight is 495 g/mol. The van der Waals surface area contributed by atoms with E-state index in [2.05, 4.69) is 16.3 Å². The van der Waals surface area contributed by atoms with E-state index in [1.54, 1.807) is 22.3 Å². The van der Waals surface area contributed by atoms with Crippen molar-refractivity contribution in [3.05, 3.63) is 40.3 Å². The Bertz CT molecular complexity index is 1150. The number of hydrogen-bond acceptors (Lipinski definition) is 7. The van der Waals surface area contributed by atoms with Crippen LogP contribution < -0.4 is 14.8 Å². The van der Waals surface area contributed by atoms with Crippen LogP contribution in [0.2, 0.25) is 0 Å². The quantitative estimate of drug-likeness (QED) is 0.656. The van der Waals surface area contributed by atoms with Crippen LogP contribution in [-0.2, 0) is 22.4 Å². The van der Waals surface area contributed by atoms with Gasteiger partial charge < -0.3 is 19.7 Å². The number of ether oxygens (including phenoxy) is 2. The molecule has 5 rings (SSSR count). The van der Waals surface area contributed by atoms with Crippen LogP contribution in [0, 0.1) is 11.3 Å². The number of piperazine rings is 1. The van der Waals surface area contributed by atoms with Crippen molar-refractivity contribution >= 4 is 28.2 Å². The van der Waals surface area contributed by atoms with E-state index in [0.717, 1.165) is 31.2 Å². The van der Waals surface area contributed by atoms with Crippen LogP contribution in [0.4, 0.5) is 5.00 Å². The molecule has 184 valence electrons. The van der Waals surface area contributed by atoms with E-state index in [-0.39, 0.29) is 24.5 Å². The Kier molecular flexibility index (Phi) is 6.93. The second kappa shape index (κ2) is 10.3. The van der Waals surface area contributed by atoms with E-state index in [1.807, 2.05) is 25.1 Å². The molecule has 0 unspecified atom stereocenters. The van der Waals surface area contributed by atoms with Gasteiger partial charge >= 0.3 is 0 Å². The third-order valence-corrected chi connectivity index (χ3v) is 8.31. The zero-order valence-corrected chi connectivity index (χ0v) is 20.7. The molecule has 1 aromatic carbocycles. The van der Waals surface area contributed by atoms with Crippen LogP contribution >= 0.6 is 11.3 Å². The summed E-state index contributed by atoms with van der Waals surface area (Å²) >= 11 is 1.56. The third-order valence-electron chi connectivity index (χ3n) is 7.11. The molecule has 9 heteroatoms. The van der Waals surface area contributed by atoms with E-state index >= 15 is 0 Å². The fourth-order valence-electron chi connectivity index (χ4n) is 5.01. The van der Waals surface area contributed by atoms with Crippen molar-refractivity contribution in [1.82, 2.24) is 9.80 Å². The number of carbonyl (C=O) groups excluding carboxylic acids is 2. The Morgan fingerprint density at radius 2 is 1.86 bits per heavy atom. The van der Waals surface area contributed by atoms with Gasteiger partial charge in [0.15, 0.2) is 11.5 Å². The molecule has 35 heavy (non-hydrogen) atoms. The number of aryl methyl sites for hydroxylation is 1. The lowest BCUT2D eigenvalue weighted by molar-refractivity contribution is -0.143. The van der Waals surface area contributed by atoms with Gasteiger partial charge in [0.25, 0.3) is 5.91 Å². The number of carbonyl (C=O) groups is 2. The molecular formula is C26H30N4O4S. The zero-order chi connectivity index (χ0) is 24.4. The van der Waals surface area contributed by atoms with Crippen LogP contribution in [0.25, 0.3) is 0 Å². The molecule has 1 aromatic heterocycles. The first-order valence-electron chi connectivity index (χ1n) is 12.3. The number of anilines is 1. The summed E-state index contributed by atoms with van der Waals surface area (Å²) in [7, 11) is 0. The molecule has 2 atom stereocenters. The molecule has 2 aromatic rings. The van der Waals surface area contributed by atoms with Crippen LogP contribution in [0.1, 0.15) is 42.2 Å². The smallest absolute Gasteiger partial charge is 0.267 e. The summed E-state index contributed by atoms with van der Waals surface area (Å²) in [4.78, 5) is 31.2.